The summed E-state index contributed by atoms with van der Waals surface area (Å²) in [5.74, 6) is 0.865. The Labute approximate surface area is 275 Å². The fourth-order valence-electron chi connectivity index (χ4n) is 5.46. The molecule has 256 valence electrons. The molecule has 47 heavy (non-hydrogen) atoms. The predicted molar refractivity (Wildman–Crippen MR) is 175 cm³/mol. The number of nitrogens with zero attached hydrogens (tertiary/aromatic N) is 2. The summed E-state index contributed by atoms with van der Waals surface area (Å²) in [5.41, 5.74) is 1.67. The Morgan fingerprint density at radius 1 is 1.02 bits per heavy atom. The maximum absolute atomic E-state index is 13.5. The second-order valence-corrected chi connectivity index (χ2v) is 12.0. The number of unbranched alkanes of at least 4 members (excludes halogenated alkanes) is 2. The molecule has 13 nitrogen and oxygen atoms in total. The van der Waals surface area contributed by atoms with Crippen molar-refractivity contribution in [3.8, 4) is 17.2 Å². The van der Waals surface area contributed by atoms with Gasteiger partial charge in [0.05, 0.1) is 32.2 Å². The number of benzene rings is 2. The standard InChI is InChI=1S/C34H46N4O9/c1-5-44-33(42)10-8-6-7-9-31(40)35-25-11-13-27-24(15-25)16-32(41)38(23(3)20-39)18-22(2)30(47-27)19-37(4)34(43)36-26-12-14-28-29(17-26)46-21-45-28/h11-15,17,22-23,30,39H,5-10,16,18-21H2,1-4H3,(H,35,40)(H,36,43). The van der Waals surface area contributed by atoms with Crippen LogP contribution in [0.15, 0.2) is 36.4 Å². The van der Waals surface area contributed by atoms with Crippen LogP contribution in [0.5, 0.6) is 17.2 Å². The average molecular weight is 655 g/mol. The van der Waals surface area contributed by atoms with Crippen LogP contribution in [-0.4, -0.2) is 91.0 Å². The lowest BCUT2D eigenvalue weighted by Gasteiger charge is -2.34. The Morgan fingerprint density at radius 2 is 1.72 bits per heavy atom. The third-order valence-corrected chi connectivity index (χ3v) is 8.21. The first-order valence-corrected chi connectivity index (χ1v) is 16.1. The molecule has 2 heterocycles. The lowest BCUT2D eigenvalue weighted by Crippen LogP contribution is -2.48. The van der Waals surface area contributed by atoms with E-state index in [1.165, 1.54) is 4.90 Å². The van der Waals surface area contributed by atoms with Gasteiger partial charge in [-0.3, -0.25) is 14.4 Å². The molecule has 2 aliphatic heterocycles. The summed E-state index contributed by atoms with van der Waals surface area (Å²) in [6.07, 6.45) is 2.13. The van der Waals surface area contributed by atoms with Gasteiger partial charge in [-0.05, 0) is 57.0 Å². The fraction of sp³-hybridized carbons (Fsp3) is 0.529. The van der Waals surface area contributed by atoms with Gasteiger partial charge in [-0.25, -0.2) is 4.79 Å². The van der Waals surface area contributed by atoms with Gasteiger partial charge < -0.3 is 44.5 Å². The first kappa shape index (κ1) is 35.3. The molecule has 3 atom stereocenters. The summed E-state index contributed by atoms with van der Waals surface area (Å²) in [6.45, 7) is 6.31. The van der Waals surface area contributed by atoms with Gasteiger partial charge in [0.1, 0.15) is 11.9 Å². The van der Waals surface area contributed by atoms with Crippen LogP contribution < -0.4 is 24.8 Å². The number of urea groups is 1. The fourth-order valence-corrected chi connectivity index (χ4v) is 5.46. The Bertz CT molecular complexity index is 1420. The summed E-state index contributed by atoms with van der Waals surface area (Å²) in [4.78, 5) is 54.0. The monoisotopic (exact) mass is 654 g/mol. The number of carbonyl (C=O) groups is 4. The molecule has 2 aromatic carbocycles. The van der Waals surface area contributed by atoms with E-state index >= 15 is 0 Å². The molecular weight excluding hydrogens is 608 g/mol. The normalized spacial score (nSPS) is 17.7. The molecule has 0 spiro atoms. The maximum atomic E-state index is 13.5. The van der Waals surface area contributed by atoms with Gasteiger partial charge in [0, 0.05) is 55.4 Å². The van der Waals surface area contributed by atoms with E-state index in [2.05, 4.69) is 10.6 Å². The third kappa shape index (κ3) is 9.98. The number of hydrogen-bond acceptors (Lipinski definition) is 9. The molecule has 0 aromatic heterocycles. The van der Waals surface area contributed by atoms with Gasteiger partial charge in [-0.2, -0.15) is 0 Å². The van der Waals surface area contributed by atoms with Crippen LogP contribution in [0.3, 0.4) is 0 Å². The van der Waals surface area contributed by atoms with E-state index in [4.69, 9.17) is 18.9 Å². The highest BCUT2D eigenvalue weighted by molar-refractivity contribution is 5.91. The molecule has 2 aromatic rings. The molecule has 3 N–H and O–H groups in total. The van der Waals surface area contributed by atoms with Crippen molar-refractivity contribution < 1.29 is 43.2 Å². The zero-order valence-corrected chi connectivity index (χ0v) is 27.6. The molecule has 0 radical (unpaired) electrons. The van der Waals surface area contributed by atoms with Gasteiger partial charge in [-0.1, -0.05) is 13.3 Å². The van der Waals surface area contributed by atoms with Crippen LogP contribution in [0.2, 0.25) is 0 Å². The molecule has 0 bridgehead atoms. The van der Waals surface area contributed by atoms with Gasteiger partial charge >= 0.3 is 12.0 Å². The Balaban J connectivity index is 1.44. The summed E-state index contributed by atoms with van der Waals surface area (Å²) in [5, 5.41) is 15.7. The number of hydrogen-bond donors (Lipinski definition) is 3. The molecule has 0 saturated carbocycles. The van der Waals surface area contributed by atoms with E-state index in [1.54, 1.807) is 62.2 Å². The van der Waals surface area contributed by atoms with E-state index in [0.717, 1.165) is 6.42 Å². The van der Waals surface area contributed by atoms with Crippen LogP contribution in [0.25, 0.3) is 0 Å². The van der Waals surface area contributed by atoms with Crippen molar-refractivity contribution in [2.24, 2.45) is 5.92 Å². The summed E-state index contributed by atoms with van der Waals surface area (Å²) in [6, 6.07) is 9.58. The van der Waals surface area contributed by atoms with E-state index in [-0.39, 0.29) is 62.5 Å². The minimum absolute atomic E-state index is 0.0110. The second-order valence-electron chi connectivity index (χ2n) is 12.0. The van der Waals surface area contributed by atoms with Crippen molar-refractivity contribution in [1.82, 2.24) is 9.80 Å². The van der Waals surface area contributed by atoms with Crippen molar-refractivity contribution in [3.63, 3.8) is 0 Å². The molecule has 2 aliphatic rings. The largest absolute Gasteiger partial charge is 0.488 e. The number of amides is 4. The zero-order chi connectivity index (χ0) is 33.9. The molecule has 4 rings (SSSR count). The second kappa shape index (κ2) is 16.9. The molecular formula is C34H46N4O9. The molecule has 3 unspecified atom stereocenters. The van der Waals surface area contributed by atoms with Gasteiger partial charge in [0.25, 0.3) is 0 Å². The van der Waals surface area contributed by atoms with Crippen LogP contribution in [-0.2, 0) is 25.5 Å². The third-order valence-electron chi connectivity index (χ3n) is 8.21. The molecule has 4 amide bonds. The number of rotatable bonds is 13. The van der Waals surface area contributed by atoms with Crippen molar-refractivity contribution >= 4 is 35.2 Å². The quantitative estimate of drug-likeness (QED) is 0.213. The summed E-state index contributed by atoms with van der Waals surface area (Å²) >= 11 is 0. The molecule has 0 fully saturated rings. The van der Waals surface area contributed by atoms with E-state index < -0.39 is 12.1 Å². The molecule has 0 saturated heterocycles. The van der Waals surface area contributed by atoms with Crippen molar-refractivity contribution in [1.29, 1.82) is 0 Å². The summed E-state index contributed by atoms with van der Waals surface area (Å²) in [7, 11) is 1.67. The number of nitrogens with one attached hydrogen (secondary N) is 2. The van der Waals surface area contributed by atoms with Crippen LogP contribution in [0.1, 0.15) is 58.4 Å². The number of carbonyl (C=O) groups excluding carboxylic acids is 4. The van der Waals surface area contributed by atoms with Crippen LogP contribution >= 0.6 is 0 Å². The number of esters is 1. The summed E-state index contributed by atoms with van der Waals surface area (Å²) < 4.78 is 22.2. The Kier molecular flexibility index (Phi) is 12.7. The molecule has 13 heteroatoms. The van der Waals surface area contributed by atoms with Gasteiger partial charge in [0.2, 0.25) is 18.6 Å². The minimum Gasteiger partial charge on any atom is -0.488 e. The maximum Gasteiger partial charge on any atom is 0.321 e. The van der Waals surface area contributed by atoms with E-state index in [9.17, 15) is 24.3 Å². The smallest absolute Gasteiger partial charge is 0.321 e. The van der Waals surface area contributed by atoms with Crippen molar-refractivity contribution in [3.05, 3.63) is 42.0 Å². The number of fused-ring (bicyclic) bond motifs is 2. The van der Waals surface area contributed by atoms with Crippen LogP contribution in [0, 0.1) is 5.92 Å². The number of aliphatic hydroxyl groups is 1. The predicted octanol–water partition coefficient (Wildman–Crippen LogP) is 4.18. The Hall–Kier alpha value is -4.52. The number of aliphatic hydroxyl groups excluding tert-OH is 1. The average Bonchev–Trinajstić information content (AvgIpc) is 3.52. The number of ether oxygens (including phenoxy) is 4. The number of likely N-dealkylation sites (N-methyl/N-ethyl adjacent to an activating group) is 1. The van der Waals surface area contributed by atoms with Gasteiger partial charge in [-0.15, -0.1) is 0 Å². The first-order chi connectivity index (χ1) is 22.6. The van der Waals surface area contributed by atoms with Crippen molar-refractivity contribution in [2.45, 2.75) is 71.4 Å². The zero-order valence-electron chi connectivity index (χ0n) is 27.6. The van der Waals surface area contributed by atoms with Gasteiger partial charge in [0.15, 0.2) is 11.5 Å². The highest BCUT2D eigenvalue weighted by Crippen LogP contribution is 2.34. The van der Waals surface area contributed by atoms with Crippen molar-refractivity contribution in [2.75, 3.05) is 50.8 Å². The highest BCUT2D eigenvalue weighted by atomic mass is 16.7. The SMILES string of the molecule is CCOC(=O)CCCCCC(=O)Nc1ccc2c(c1)CC(=O)N(C(C)CO)CC(C)C(CN(C)C(=O)Nc1ccc3c(c1)OCO3)O2. The Morgan fingerprint density at radius 3 is 2.47 bits per heavy atom. The highest BCUT2D eigenvalue weighted by Gasteiger charge is 2.32. The first-order valence-electron chi connectivity index (χ1n) is 16.1. The minimum atomic E-state index is -0.504. The lowest BCUT2D eigenvalue weighted by atomic mass is 10.0. The lowest BCUT2D eigenvalue weighted by molar-refractivity contribution is -0.143. The van der Waals surface area contributed by atoms with E-state index in [1.807, 2.05) is 6.92 Å². The van der Waals surface area contributed by atoms with Crippen LogP contribution in [0.4, 0.5) is 16.2 Å². The number of anilines is 2. The van der Waals surface area contributed by atoms with E-state index in [0.29, 0.717) is 66.6 Å². The molecule has 0 aliphatic carbocycles. The topological polar surface area (TPSA) is 156 Å².